The average Bonchev–Trinajstić information content (AvgIpc) is 2.88. The fourth-order valence-corrected chi connectivity index (χ4v) is 3.12. The normalized spacial score (nSPS) is 16.0. The molecule has 0 unspecified atom stereocenters. The Hall–Kier alpha value is -1.13. The minimum absolute atomic E-state index is 0.162. The summed E-state index contributed by atoms with van der Waals surface area (Å²) in [5, 5.41) is 9.36. The number of aryl methyl sites for hydroxylation is 2. The lowest BCUT2D eigenvalue weighted by Crippen LogP contribution is -2.37. The number of nitrogens with two attached hydrogens (primary N) is 1. The molecule has 0 aliphatic heterocycles. The Morgan fingerprint density at radius 2 is 2.05 bits per heavy atom. The van der Waals surface area contributed by atoms with Gasteiger partial charge in [-0.1, -0.05) is 12.8 Å². The number of aliphatic hydroxyl groups excluding tert-OH is 1. The van der Waals surface area contributed by atoms with Crippen molar-refractivity contribution in [1.29, 1.82) is 0 Å². The smallest absolute Gasteiger partial charge is 0.133 e. The predicted octanol–water partition coefficient (Wildman–Crippen LogP) is 1.90. The second kappa shape index (κ2) is 6.35. The zero-order valence-corrected chi connectivity index (χ0v) is 12.0. The summed E-state index contributed by atoms with van der Waals surface area (Å²) < 4.78 is 0. The molecule has 1 heterocycles. The fourth-order valence-electron chi connectivity index (χ4n) is 3.12. The highest BCUT2D eigenvalue weighted by Crippen LogP contribution is 2.30. The third kappa shape index (κ3) is 3.07. The number of aliphatic hydroxyl groups is 1. The summed E-state index contributed by atoms with van der Waals surface area (Å²) >= 11 is 0. The SMILES string of the molecule is Cc1cc(C)c(CN)c(N(CCO)C2CCCC2)n1. The monoisotopic (exact) mass is 263 g/mol. The van der Waals surface area contributed by atoms with Crippen LogP contribution in [0.4, 0.5) is 5.82 Å². The van der Waals surface area contributed by atoms with E-state index in [1.54, 1.807) is 0 Å². The first-order valence-electron chi connectivity index (χ1n) is 7.22. The summed E-state index contributed by atoms with van der Waals surface area (Å²) in [6, 6.07) is 2.59. The van der Waals surface area contributed by atoms with Gasteiger partial charge >= 0.3 is 0 Å². The van der Waals surface area contributed by atoms with Crippen molar-refractivity contribution in [3.8, 4) is 0 Å². The van der Waals surface area contributed by atoms with E-state index < -0.39 is 0 Å². The highest BCUT2D eigenvalue weighted by Gasteiger charge is 2.25. The quantitative estimate of drug-likeness (QED) is 0.851. The first-order chi connectivity index (χ1) is 9.17. The molecule has 1 aromatic rings. The summed E-state index contributed by atoms with van der Waals surface area (Å²) in [4.78, 5) is 6.98. The van der Waals surface area contributed by atoms with Crippen molar-refractivity contribution in [3.63, 3.8) is 0 Å². The lowest BCUT2D eigenvalue weighted by atomic mass is 10.1. The van der Waals surface area contributed by atoms with Gasteiger partial charge in [-0.2, -0.15) is 0 Å². The molecule has 0 amide bonds. The van der Waals surface area contributed by atoms with Crippen LogP contribution in [0.1, 0.15) is 42.5 Å². The van der Waals surface area contributed by atoms with Crippen molar-refractivity contribution in [3.05, 3.63) is 22.9 Å². The Kier molecular flexibility index (Phi) is 4.77. The maximum Gasteiger partial charge on any atom is 0.133 e. The van der Waals surface area contributed by atoms with Gasteiger partial charge < -0.3 is 15.7 Å². The van der Waals surface area contributed by atoms with Gasteiger partial charge in [-0.3, -0.25) is 0 Å². The largest absolute Gasteiger partial charge is 0.395 e. The molecule has 0 atom stereocenters. The van der Waals surface area contributed by atoms with Crippen LogP contribution in [0.5, 0.6) is 0 Å². The van der Waals surface area contributed by atoms with E-state index in [9.17, 15) is 5.11 Å². The molecule has 0 saturated heterocycles. The second-order valence-corrected chi connectivity index (χ2v) is 5.44. The summed E-state index contributed by atoms with van der Waals surface area (Å²) in [6.45, 7) is 5.42. The molecule has 19 heavy (non-hydrogen) atoms. The summed E-state index contributed by atoms with van der Waals surface area (Å²) in [5.74, 6) is 0.987. The van der Waals surface area contributed by atoms with E-state index in [2.05, 4.69) is 17.9 Å². The van der Waals surface area contributed by atoms with Crippen LogP contribution in [-0.2, 0) is 6.54 Å². The first kappa shape index (κ1) is 14.3. The maximum atomic E-state index is 9.36. The molecule has 0 radical (unpaired) electrons. The first-order valence-corrected chi connectivity index (χ1v) is 7.22. The van der Waals surface area contributed by atoms with Crippen molar-refractivity contribution >= 4 is 5.82 Å². The second-order valence-electron chi connectivity index (χ2n) is 5.44. The fraction of sp³-hybridized carbons (Fsp3) is 0.667. The van der Waals surface area contributed by atoms with Crippen LogP contribution >= 0.6 is 0 Å². The standard InChI is InChI=1S/C15H25N3O/c1-11-9-12(2)17-15(14(11)10-16)18(7-8-19)13-5-3-4-6-13/h9,13,19H,3-8,10,16H2,1-2H3. The van der Waals surface area contributed by atoms with E-state index in [4.69, 9.17) is 10.7 Å². The Morgan fingerprint density at radius 1 is 1.37 bits per heavy atom. The number of hydrogen-bond donors (Lipinski definition) is 2. The van der Waals surface area contributed by atoms with E-state index in [0.29, 0.717) is 19.1 Å². The Bertz CT molecular complexity index is 428. The molecule has 3 N–H and O–H groups in total. The molecule has 0 bridgehead atoms. The number of rotatable bonds is 5. The van der Waals surface area contributed by atoms with Gasteiger partial charge in [-0.15, -0.1) is 0 Å². The molecule has 4 heteroatoms. The Morgan fingerprint density at radius 3 is 2.63 bits per heavy atom. The summed E-state index contributed by atoms with van der Waals surface area (Å²) in [7, 11) is 0. The molecule has 2 rings (SSSR count). The molecule has 1 aliphatic rings. The summed E-state index contributed by atoms with van der Waals surface area (Å²) in [5.41, 5.74) is 9.24. The van der Waals surface area contributed by atoms with E-state index in [1.165, 1.54) is 31.2 Å². The van der Waals surface area contributed by atoms with Gasteiger partial charge in [0.15, 0.2) is 0 Å². The highest BCUT2D eigenvalue weighted by atomic mass is 16.3. The van der Waals surface area contributed by atoms with Crippen molar-refractivity contribution in [2.75, 3.05) is 18.1 Å². The van der Waals surface area contributed by atoms with Crippen LogP contribution in [0.25, 0.3) is 0 Å². The third-order valence-corrected chi connectivity index (χ3v) is 4.04. The minimum atomic E-state index is 0.162. The zero-order chi connectivity index (χ0) is 13.8. The van der Waals surface area contributed by atoms with Crippen LogP contribution in [0.15, 0.2) is 6.07 Å². The van der Waals surface area contributed by atoms with Gasteiger partial charge in [0.05, 0.1) is 6.61 Å². The molecular formula is C15H25N3O. The van der Waals surface area contributed by atoms with Gasteiger partial charge in [0, 0.05) is 30.4 Å². The number of aromatic nitrogens is 1. The molecule has 0 aromatic carbocycles. The maximum absolute atomic E-state index is 9.36. The highest BCUT2D eigenvalue weighted by molar-refractivity contribution is 5.52. The van der Waals surface area contributed by atoms with Crippen LogP contribution in [0, 0.1) is 13.8 Å². The lowest BCUT2D eigenvalue weighted by Gasteiger charge is -2.32. The molecule has 1 aromatic heterocycles. The molecule has 106 valence electrons. The Balaban J connectivity index is 2.39. The zero-order valence-electron chi connectivity index (χ0n) is 12.0. The summed E-state index contributed by atoms with van der Waals surface area (Å²) in [6.07, 6.45) is 4.93. The molecule has 1 aliphatic carbocycles. The average molecular weight is 263 g/mol. The van der Waals surface area contributed by atoms with Gasteiger partial charge in [0.25, 0.3) is 0 Å². The van der Waals surface area contributed by atoms with Gasteiger partial charge in [0.1, 0.15) is 5.82 Å². The number of hydrogen-bond acceptors (Lipinski definition) is 4. The topological polar surface area (TPSA) is 62.4 Å². The third-order valence-electron chi connectivity index (χ3n) is 4.04. The van der Waals surface area contributed by atoms with Gasteiger partial charge in [-0.05, 0) is 38.3 Å². The lowest BCUT2D eigenvalue weighted by molar-refractivity contribution is 0.296. The van der Waals surface area contributed by atoms with Crippen LogP contribution < -0.4 is 10.6 Å². The van der Waals surface area contributed by atoms with Crippen molar-refractivity contribution < 1.29 is 5.11 Å². The molecule has 1 saturated carbocycles. The number of nitrogens with zero attached hydrogens (tertiary/aromatic N) is 2. The van der Waals surface area contributed by atoms with Crippen LogP contribution in [-0.4, -0.2) is 29.3 Å². The number of anilines is 1. The van der Waals surface area contributed by atoms with Crippen LogP contribution in [0.3, 0.4) is 0 Å². The minimum Gasteiger partial charge on any atom is -0.395 e. The predicted molar refractivity (Wildman–Crippen MR) is 78.3 cm³/mol. The molecule has 0 spiro atoms. The van der Waals surface area contributed by atoms with Crippen molar-refractivity contribution in [2.45, 2.75) is 52.1 Å². The van der Waals surface area contributed by atoms with Crippen LogP contribution in [0.2, 0.25) is 0 Å². The van der Waals surface area contributed by atoms with E-state index in [0.717, 1.165) is 17.1 Å². The van der Waals surface area contributed by atoms with Crippen molar-refractivity contribution in [2.24, 2.45) is 5.73 Å². The van der Waals surface area contributed by atoms with Gasteiger partial charge in [-0.25, -0.2) is 4.98 Å². The van der Waals surface area contributed by atoms with Crippen molar-refractivity contribution in [1.82, 2.24) is 4.98 Å². The van der Waals surface area contributed by atoms with Gasteiger partial charge in [0.2, 0.25) is 0 Å². The van der Waals surface area contributed by atoms with E-state index in [-0.39, 0.29) is 6.61 Å². The van der Waals surface area contributed by atoms with E-state index in [1.807, 2.05) is 6.92 Å². The van der Waals surface area contributed by atoms with E-state index >= 15 is 0 Å². The number of pyridine rings is 1. The molecule has 4 nitrogen and oxygen atoms in total. The molecular weight excluding hydrogens is 238 g/mol. The Labute approximate surface area is 115 Å². The molecule has 1 fully saturated rings.